The summed E-state index contributed by atoms with van der Waals surface area (Å²) in [7, 11) is 0. The van der Waals surface area contributed by atoms with Crippen LogP contribution in [0.2, 0.25) is 0 Å². The van der Waals surface area contributed by atoms with Gasteiger partial charge in [-0.05, 0) is 31.6 Å². The fraction of sp³-hybridized carbons (Fsp3) is 0.692. The topological polar surface area (TPSA) is 66.8 Å². The van der Waals surface area contributed by atoms with Crippen molar-refractivity contribution in [3.05, 3.63) is 12.7 Å². The third-order valence-corrected chi connectivity index (χ3v) is 4.71. The molecule has 2 saturated heterocycles. The molecule has 0 spiro atoms. The zero-order chi connectivity index (χ0) is 12.9. The van der Waals surface area contributed by atoms with Crippen LogP contribution in [0.1, 0.15) is 25.7 Å². The van der Waals surface area contributed by atoms with Crippen molar-refractivity contribution in [2.45, 2.75) is 37.8 Å². The molecule has 4 atom stereocenters. The standard InChI is InChI=1S/C13H17NO4/c1-2-5-18-12(17)14-8-3-4-10(14)9-7-13(9,6-8)11(15)16/h2,8-10H,1,3-7H2,(H,15,16)/t8-,9+,10+,13-/m1/s1. The zero-order valence-electron chi connectivity index (χ0n) is 10.2. The molecule has 3 fully saturated rings. The zero-order valence-corrected chi connectivity index (χ0v) is 10.2. The maximum atomic E-state index is 12.0. The number of rotatable bonds is 3. The van der Waals surface area contributed by atoms with E-state index in [0.29, 0.717) is 6.42 Å². The van der Waals surface area contributed by atoms with Gasteiger partial charge in [-0.25, -0.2) is 4.79 Å². The second-order valence-electron chi connectivity index (χ2n) is 5.55. The average Bonchev–Trinajstić information content (AvgIpc) is 2.98. The summed E-state index contributed by atoms with van der Waals surface area (Å²) < 4.78 is 5.09. The Morgan fingerprint density at radius 3 is 2.89 bits per heavy atom. The first-order valence-electron chi connectivity index (χ1n) is 6.39. The Balaban J connectivity index is 1.76. The van der Waals surface area contributed by atoms with E-state index in [2.05, 4.69) is 6.58 Å². The Morgan fingerprint density at radius 2 is 2.22 bits per heavy atom. The Bertz CT molecular complexity index is 421. The summed E-state index contributed by atoms with van der Waals surface area (Å²) in [5.41, 5.74) is -0.541. The highest BCUT2D eigenvalue weighted by atomic mass is 16.6. The molecule has 98 valence electrons. The Hall–Kier alpha value is -1.52. The summed E-state index contributed by atoms with van der Waals surface area (Å²) >= 11 is 0. The van der Waals surface area contributed by atoms with Crippen LogP contribution in [-0.4, -0.2) is 40.8 Å². The number of amides is 1. The molecule has 2 aliphatic heterocycles. The second-order valence-corrected chi connectivity index (χ2v) is 5.55. The molecule has 1 amide bonds. The van der Waals surface area contributed by atoms with Crippen molar-refractivity contribution >= 4 is 12.1 Å². The van der Waals surface area contributed by atoms with Crippen molar-refractivity contribution in [1.82, 2.24) is 4.90 Å². The van der Waals surface area contributed by atoms with Crippen molar-refractivity contribution in [2.75, 3.05) is 6.61 Å². The fourth-order valence-electron chi connectivity index (χ4n) is 3.82. The molecule has 5 heteroatoms. The maximum absolute atomic E-state index is 12.0. The third kappa shape index (κ3) is 1.39. The lowest BCUT2D eigenvalue weighted by Crippen LogP contribution is -2.49. The maximum Gasteiger partial charge on any atom is 0.410 e. The highest BCUT2D eigenvalue weighted by molar-refractivity contribution is 5.80. The predicted octanol–water partition coefficient (Wildman–Crippen LogP) is 1.64. The minimum atomic E-state index is -0.691. The first kappa shape index (κ1) is 11.6. The lowest BCUT2D eigenvalue weighted by atomic mass is 9.90. The van der Waals surface area contributed by atoms with Crippen LogP contribution in [0.25, 0.3) is 0 Å². The van der Waals surface area contributed by atoms with Gasteiger partial charge in [0.1, 0.15) is 6.61 Å². The van der Waals surface area contributed by atoms with E-state index >= 15 is 0 Å². The average molecular weight is 251 g/mol. The smallest absolute Gasteiger partial charge is 0.410 e. The van der Waals surface area contributed by atoms with Gasteiger partial charge >= 0.3 is 12.1 Å². The lowest BCUT2D eigenvalue weighted by molar-refractivity contribution is -0.146. The lowest BCUT2D eigenvalue weighted by Gasteiger charge is -2.36. The molecule has 1 N–H and O–H groups in total. The van der Waals surface area contributed by atoms with Crippen molar-refractivity contribution in [3.8, 4) is 0 Å². The molecule has 3 rings (SSSR count). The highest BCUT2D eigenvalue weighted by Crippen LogP contribution is 2.65. The van der Waals surface area contributed by atoms with Crippen LogP contribution < -0.4 is 0 Å². The number of hydrogen-bond acceptors (Lipinski definition) is 3. The van der Waals surface area contributed by atoms with Crippen LogP contribution in [0.4, 0.5) is 4.79 Å². The van der Waals surface area contributed by atoms with Crippen LogP contribution in [0, 0.1) is 11.3 Å². The quantitative estimate of drug-likeness (QED) is 0.774. The Labute approximate surface area is 105 Å². The van der Waals surface area contributed by atoms with Gasteiger partial charge in [-0.2, -0.15) is 0 Å². The molecule has 0 unspecified atom stereocenters. The van der Waals surface area contributed by atoms with Gasteiger partial charge in [0.05, 0.1) is 5.41 Å². The van der Waals surface area contributed by atoms with Gasteiger partial charge in [0.2, 0.25) is 0 Å². The van der Waals surface area contributed by atoms with E-state index in [1.54, 1.807) is 11.0 Å². The third-order valence-electron chi connectivity index (χ3n) is 4.71. The molecule has 0 aromatic rings. The Kier molecular flexibility index (Phi) is 2.40. The SMILES string of the molecule is C=CCOC(=O)N1[C@@H]2CC[C@H]1[C@@H]1C[C@]1(C(=O)O)C2. The monoisotopic (exact) mass is 251 g/mol. The van der Waals surface area contributed by atoms with E-state index in [9.17, 15) is 14.7 Å². The predicted molar refractivity (Wildman–Crippen MR) is 63.0 cm³/mol. The summed E-state index contributed by atoms with van der Waals surface area (Å²) in [6.45, 7) is 3.73. The fourth-order valence-corrected chi connectivity index (χ4v) is 3.82. The van der Waals surface area contributed by atoms with E-state index in [-0.39, 0.29) is 30.7 Å². The van der Waals surface area contributed by atoms with Gasteiger partial charge in [0.25, 0.3) is 0 Å². The van der Waals surface area contributed by atoms with Gasteiger partial charge in [-0.1, -0.05) is 12.7 Å². The van der Waals surface area contributed by atoms with Crippen LogP contribution in [0.3, 0.4) is 0 Å². The van der Waals surface area contributed by atoms with Crippen molar-refractivity contribution in [2.24, 2.45) is 11.3 Å². The highest BCUT2D eigenvalue weighted by Gasteiger charge is 2.70. The van der Waals surface area contributed by atoms with Crippen LogP contribution in [-0.2, 0) is 9.53 Å². The number of carboxylic acid groups (broad SMARTS) is 1. The number of fused-ring (bicyclic) bond motifs is 4. The van der Waals surface area contributed by atoms with E-state index in [4.69, 9.17) is 4.74 Å². The summed E-state index contributed by atoms with van der Waals surface area (Å²) in [5.74, 6) is -0.562. The number of ether oxygens (including phenoxy) is 1. The first-order valence-corrected chi connectivity index (χ1v) is 6.39. The number of carbonyl (C=O) groups is 2. The minimum Gasteiger partial charge on any atom is -0.481 e. The van der Waals surface area contributed by atoms with Crippen molar-refractivity contribution in [1.29, 1.82) is 0 Å². The Morgan fingerprint density at radius 1 is 1.44 bits per heavy atom. The number of nitrogens with zero attached hydrogens (tertiary/aromatic N) is 1. The van der Waals surface area contributed by atoms with E-state index in [1.165, 1.54) is 0 Å². The van der Waals surface area contributed by atoms with Gasteiger partial charge in [0.15, 0.2) is 0 Å². The molecule has 1 aliphatic carbocycles. The van der Waals surface area contributed by atoms with Gasteiger partial charge in [0, 0.05) is 12.1 Å². The van der Waals surface area contributed by atoms with Gasteiger partial charge < -0.3 is 14.7 Å². The summed E-state index contributed by atoms with van der Waals surface area (Å²) in [6.07, 6.45) is 4.35. The molecule has 5 nitrogen and oxygen atoms in total. The molecular formula is C13H17NO4. The number of hydrogen-bond donors (Lipinski definition) is 1. The molecule has 3 aliphatic rings. The summed E-state index contributed by atoms with van der Waals surface area (Å²) in [4.78, 5) is 25.1. The molecule has 0 aromatic carbocycles. The minimum absolute atomic E-state index is 0.0437. The largest absolute Gasteiger partial charge is 0.481 e. The van der Waals surface area contributed by atoms with Crippen molar-refractivity contribution in [3.63, 3.8) is 0 Å². The van der Waals surface area contributed by atoms with Crippen LogP contribution >= 0.6 is 0 Å². The molecule has 2 bridgehead atoms. The van der Waals surface area contributed by atoms with Gasteiger partial charge in [-0.15, -0.1) is 0 Å². The first-order chi connectivity index (χ1) is 8.60. The summed E-state index contributed by atoms with van der Waals surface area (Å²) in [5, 5.41) is 9.32. The molecule has 0 aromatic heterocycles. The van der Waals surface area contributed by atoms with Crippen molar-refractivity contribution < 1.29 is 19.4 Å². The van der Waals surface area contributed by atoms with E-state index in [1.807, 2.05) is 0 Å². The second kappa shape index (κ2) is 3.73. The molecule has 2 heterocycles. The summed E-state index contributed by atoms with van der Waals surface area (Å²) in [6, 6.07) is 0.110. The molecule has 18 heavy (non-hydrogen) atoms. The van der Waals surface area contributed by atoms with Crippen LogP contribution in [0.15, 0.2) is 12.7 Å². The molecule has 1 saturated carbocycles. The van der Waals surface area contributed by atoms with Gasteiger partial charge in [-0.3, -0.25) is 4.79 Å². The number of piperidine rings is 1. The van der Waals surface area contributed by atoms with E-state index < -0.39 is 11.4 Å². The molecular weight excluding hydrogens is 234 g/mol. The normalized spacial score (nSPS) is 40.0. The molecule has 0 radical (unpaired) electrons. The number of carbonyl (C=O) groups excluding carboxylic acids is 1. The number of aliphatic carboxylic acids is 1. The van der Waals surface area contributed by atoms with Crippen LogP contribution in [0.5, 0.6) is 0 Å². The van der Waals surface area contributed by atoms with E-state index in [0.717, 1.165) is 19.3 Å². The number of carboxylic acids is 1.